The van der Waals surface area contributed by atoms with Crippen molar-refractivity contribution in [2.45, 2.75) is 19.8 Å². The Morgan fingerprint density at radius 3 is 2.50 bits per heavy atom. The highest BCUT2D eigenvalue weighted by molar-refractivity contribution is 9.10. The summed E-state index contributed by atoms with van der Waals surface area (Å²) in [6.45, 7) is 4.05. The molecule has 0 spiro atoms. The number of hydrazine groups is 1. The number of nitrogens with zero attached hydrogens (tertiary/aromatic N) is 2. The van der Waals surface area contributed by atoms with Crippen LogP contribution in [0.2, 0.25) is 5.02 Å². The van der Waals surface area contributed by atoms with Crippen molar-refractivity contribution in [3.05, 3.63) is 39.6 Å². The topological polar surface area (TPSA) is 75.9 Å². The van der Waals surface area contributed by atoms with Crippen LogP contribution in [0.5, 0.6) is 0 Å². The van der Waals surface area contributed by atoms with E-state index in [0.717, 1.165) is 10.2 Å². The second-order valence-electron chi connectivity index (χ2n) is 4.54. The zero-order chi connectivity index (χ0) is 14.7. The smallest absolute Gasteiger partial charge is 0.145 e. The molecule has 20 heavy (non-hydrogen) atoms. The Bertz CT molecular complexity index is 618. The Morgan fingerprint density at radius 1 is 1.20 bits per heavy atom. The molecular weight excluding hydrogens is 342 g/mol. The molecule has 0 aliphatic carbocycles. The van der Waals surface area contributed by atoms with Gasteiger partial charge in [-0.25, -0.2) is 15.8 Å². The van der Waals surface area contributed by atoms with Crippen LogP contribution in [0, 0.1) is 0 Å². The largest absolute Gasteiger partial charge is 0.339 e. The first-order chi connectivity index (χ1) is 9.49. The van der Waals surface area contributed by atoms with E-state index in [1.54, 1.807) is 12.1 Å². The van der Waals surface area contributed by atoms with Crippen LogP contribution in [0.1, 0.15) is 25.6 Å². The highest BCUT2D eigenvalue weighted by Crippen LogP contribution is 2.29. The standard InChI is InChI=1S/C13H15BrClN5/c1-7(2)13-18-11(6-12(19-13)20-16)17-10-4-3-8(15)5-9(10)14/h3-7H,16H2,1-2H3,(H2,17,18,19,20). The van der Waals surface area contributed by atoms with Gasteiger partial charge in [0.05, 0.1) is 5.69 Å². The van der Waals surface area contributed by atoms with E-state index in [2.05, 4.69) is 36.6 Å². The van der Waals surface area contributed by atoms with Crippen LogP contribution in [0.15, 0.2) is 28.7 Å². The second kappa shape index (κ2) is 6.39. The second-order valence-corrected chi connectivity index (χ2v) is 5.84. The number of aromatic nitrogens is 2. The zero-order valence-corrected chi connectivity index (χ0v) is 13.5. The molecule has 1 aromatic heterocycles. The Kier molecular flexibility index (Phi) is 4.80. The first-order valence-corrected chi connectivity index (χ1v) is 7.24. The van der Waals surface area contributed by atoms with E-state index in [1.165, 1.54) is 0 Å². The SMILES string of the molecule is CC(C)c1nc(NN)cc(Nc2ccc(Cl)cc2Br)n1. The van der Waals surface area contributed by atoms with Crippen molar-refractivity contribution < 1.29 is 0 Å². The van der Waals surface area contributed by atoms with E-state index < -0.39 is 0 Å². The minimum atomic E-state index is 0.206. The van der Waals surface area contributed by atoms with E-state index >= 15 is 0 Å². The molecule has 0 unspecified atom stereocenters. The van der Waals surface area contributed by atoms with Crippen LogP contribution in [0.3, 0.4) is 0 Å². The minimum Gasteiger partial charge on any atom is -0.339 e. The fourth-order valence-electron chi connectivity index (χ4n) is 1.59. The van der Waals surface area contributed by atoms with Gasteiger partial charge in [-0.2, -0.15) is 0 Å². The molecule has 0 amide bonds. The number of hydrogen-bond donors (Lipinski definition) is 3. The van der Waals surface area contributed by atoms with Gasteiger partial charge in [0.15, 0.2) is 0 Å². The van der Waals surface area contributed by atoms with Gasteiger partial charge in [0.25, 0.3) is 0 Å². The third-order valence-electron chi connectivity index (χ3n) is 2.60. The lowest BCUT2D eigenvalue weighted by molar-refractivity contribution is 0.777. The summed E-state index contributed by atoms with van der Waals surface area (Å²) < 4.78 is 0.858. The molecule has 7 heteroatoms. The van der Waals surface area contributed by atoms with E-state index in [-0.39, 0.29) is 5.92 Å². The third kappa shape index (κ3) is 3.59. The molecule has 2 rings (SSSR count). The molecule has 0 atom stereocenters. The average Bonchev–Trinajstić information content (AvgIpc) is 2.41. The predicted molar refractivity (Wildman–Crippen MR) is 86.4 cm³/mol. The normalized spacial score (nSPS) is 10.7. The number of benzene rings is 1. The van der Waals surface area contributed by atoms with Crippen molar-refractivity contribution in [1.82, 2.24) is 9.97 Å². The highest BCUT2D eigenvalue weighted by atomic mass is 79.9. The summed E-state index contributed by atoms with van der Waals surface area (Å²) in [6.07, 6.45) is 0. The Labute approximate surface area is 131 Å². The number of anilines is 3. The summed E-state index contributed by atoms with van der Waals surface area (Å²) in [5.74, 6) is 7.59. The van der Waals surface area contributed by atoms with Gasteiger partial charge >= 0.3 is 0 Å². The van der Waals surface area contributed by atoms with Crippen molar-refractivity contribution in [3.63, 3.8) is 0 Å². The van der Waals surface area contributed by atoms with Gasteiger partial charge in [0.1, 0.15) is 17.5 Å². The summed E-state index contributed by atoms with van der Waals surface area (Å²) >= 11 is 9.38. The first kappa shape index (κ1) is 15.0. The van der Waals surface area contributed by atoms with Crippen LogP contribution in [0.4, 0.5) is 17.3 Å². The molecule has 0 bridgehead atoms. The lowest BCUT2D eigenvalue weighted by Crippen LogP contribution is -2.12. The summed E-state index contributed by atoms with van der Waals surface area (Å²) in [7, 11) is 0. The quantitative estimate of drug-likeness (QED) is 0.569. The maximum atomic E-state index is 5.92. The van der Waals surface area contributed by atoms with E-state index in [0.29, 0.717) is 22.5 Å². The van der Waals surface area contributed by atoms with Gasteiger partial charge in [-0.15, -0.1) is 0 Å². The summed E-state index contributed by atoms with van der Waals surface area (Å²) in [5.41, 5.74) is 3.41. The van der Waals surface area contributed by atoms with Crippen LogP contribution >= 0.6 is 27.5 Å². The van der Waals surface area contributed by atoms with Crippen LogP contribution < -0.4 is 16.6 Å². The maximum Gasteiger partial charge on any atom is 0.145 e. The molecule has 5 nitrogen and oxygen atoms in total. The maximum absolute atomic E-state index is 5.92. The van der Waals surface area contributed by atoms with Crippen molar-refractivity contribution in [3.8, 4) is 0 Å². The average molecular weight is 357 g/mol. The molecule has 0 fully saturated rings. The lowest BCUT2D eigenvalue weighted by Gasteiger charge is -2.12. The molecule has 2 aromatic rings. The van der Waals surface area contributed by atoms with Crippen molar-refractivity contribution in [2.75, 3.05) is 10.7 Å². The van der Waals surface area contributed by atoms with E-state index in [9.17, 15) is 0 Å². The van der Waals surface area contributed by atoms with Crippen molar-refractivity contribution in [2.24, 2.45) is 5.84 Å². The Morgan fingerprint density at radius 2 is 1.90 bits per heavy atom. The van der Waals surface area contributed by atoms with Gasteiger partial charge in [-0.1, -0.05) is 25.4 Å². The molecule has 0 saturated heterocycles. The fraction of sp³-hybridized carbons (Fsp3) is 0.231. The Hall–Kier alpha value is -1.37. The number of hydrogen-bond acceptors (Lipinski definition) is 5. The molecule has 106 valence electrons. The van der Waals surface area contributed by atoms with Gasteiger partial charge in [-0.05, 0) is 34.1 Å². The number of halogens is 2. The van der Waals surface area contributed by atoms with Crippen LogP contribution in [-0.4, -0.2) is 9.97 Å². The van der Waals surface area contributed by atoms with Crippen molar-refractivity contribution >= 4 is 44.9 Å². The molecule has 1 aromatic carbocycles. The van der Waals surface area contributed by atoms with Gasteiger partial charge in [0.2, 0.25) is 0 Å². The van der Waals surface area contributed by atoms with Crippen molar-refractivity contribution in [1.29, 1.82) is 0 Å². The highest BCUT2D eigenvalue weighted by Gasteiger charge is 2.09. The number of nitrogens with one attached hydrogen (secondary N) is 2. The molecule has 0 saturated carbocycles. The molecule has 4 N–H and O–H groups in total. The first-order valence-electron chi connectivity index (χ1n) is 6.07. The summed E-state index contributed by atoms with van der Waals surface area (Å²) in [4.78, 5) is 8.78. The van der Waals surface area contributed by atoms with Crippen LogP contribution in [0.25, 0.3) is 0 Å². The Balaban J connectivity index is 2.34. The van der Waals surface area contributed by atoms with E-state index in [4.69, 9.17) is 17.4 Å². The zero-order valence-electron chi connectivity index (χ0n) is 11.1. The lowest BCUT2D eigenvalue weighted by atomic mass is 10.2. The molecular formula is C13H15BrClN5. The monoisotopic (exact) mass is 355 g/mol. The number of rotatable bonds is 4. The molecule has 0 aliphatic heterocycles. The summed E-state index contributed by atoms with van der Waals surface area (Å²) in [6, 6.07) is 7.24. The molecule has 0 radical (unpaired) electrons. The fourth-order valence-corrected chi connectivity index (χ4v) is 2.37. The predicted octanol–water partition coefficient (Wildman–Crippen LogP) is 4.05. The number of nitrogen functional groups attached to an aromatic ring is 1. The summed E-state index contributed by atoms with van der Waals surface area (Å²) in [5, 5.41) is 3.88. The molecule has 0 aliphatic rings. The minimum absolute atomic E-state index is 0.206. The van der Waals surface area contributed by atoms with Crippen LogP contribution in [-0.2, 0) is 0 Å². The van der Waals surface area contributed by atoms with Gasteiger partial charge < -0.3 is 10.7 Å². The van der Waals surface area contributed by atoms with E-state index in [1.807, 2.05) is 26.0 Å². The molecule has 1 heterocycles. The third-order valence-corrected chi connectivity index (χ3v) is 3.49. The van der Waals surface area contributed by atoms with Gasteiger partial charge in [0, 0.05) is 21.5 Å². The van der Waals surface area contributed by atoms with Gasteiger partial charge in [-0.3, -0.25) is 0 Å². The number of nitrogens with two attached hydrogens (primary N) is 1.